The summed E-state index contributed by atoms with van der Waals surface area (Å²) in [6.07, 6.45) is 2.42. The highest BCUT2D eigenvalue weighted by molar-refractivity contribution is 6.42. The van der Waals surface area contributed by atoms with Gasteiger partial charge in [-0.15, -0.1) is 0 Å². The first kappa shape index (κ1) is 33.4. The van der Waals surface area contributed by atoms with Crippen LogP contribution < -0.4 is 5.69 Å². The molecule has 5 rings (SSSR count). The van der Waals surface area contributed by atoms with Crippen molar-refractivity contribution in [2.45, 2.75) is 38.1 Å². The summed E-state index contributed by atoms with van der Waals surface area (Å²) in [5.74, 6) is -0.424. The topological polar surface area (TPSA) is 82.9 Å². The zero-order chi connectivity index (χ0) is 32.1. The average Bonchev–Trinajstić information content (AvgIpc) is 3.36. The molecule has 4 aromatic rings. The van der Waals surface area contributed by atoms with E-state index in [0.717, 1.165) is 49.1 Å². The van der Waals surface area contributed by atoms with Crippen LogP contribution >= 0.6 is 46.4 Å². The number of amides is 1. The third-order valence-electron chi connectivity index (χ3n) is 8.37. The number of rotatable bonds is 11. The second-order valence-corrected chi connectivity index (χ2v) is 12.8. The molecule has 3 aromatic carbocycles. The van der Waals surface area contributed by atoms with Crippen molar-refractivity contribution in [2.75, 3.05) is 39.8 Å². The summed E-state index contributed by atoms with van der Waals surface area (Å²) in [7, 11) is 1.50. The van der Waals surface area contributed by atoms with Crippen molar-refractivity contribution in [3.63, 3.8) is 0 Å². The number of H-pyrrole nitrogens is 1. The summed E-state index contributed by atoms with van der Waals surface area (Å²) in [5.41, 5.74) is 3.74. The molecule has 1 saturated heterocycles. The minimum atomic E-state index is -0.215. The predicted molar refractivity (Wildman–Crippen MR) is 184 cm³/mol. The van der Waals surface area contributed by atoms with Crippen molar-refractivity contribution in [1.29, 1.82) is 0 Å². The fourth-order valence-corrected chi connectivity index (χ4v) is 6.94. The molecule has 1 aliphatic heterocycles. The van der Waals surface area contributed by atoms with E-state index in [1.807, 2.05) is 47.9 Å². The van der Waals surface area contributed by atoms with Gasteiger partial charge in [0.15, 0.2) is 0 Å². The van der Waals surface area contributed by atoms with Crippen LogP contribution in [0.1, 0.15) is 54.1 Å². The van der Waals surface area contributed by atoms with Gasteiger partial charge in [0.1, 0.15) is 7.11 Å². The number of imidazole rings is 1. The Kier molecular flexibility index (Phi) is 11.2. The summed E-state index contributed by atoms with van der Waals surface area (Å²) < 4.78 is 1.90. The number of oxime groups is 1. The molecule has 1 aliphatic rings. The van der Waals surface area contributed by atoms with Gasteiger partial charge >= 0.3 is 5.69 Å². The van der Waals surface area contributed by atoms with E-state index in [1.165, 1.54) is 7.11 Å². The number of carbonyl (C=O) groups is 1. The molecule has 45 heavy (non-hydrogen) atoms. The molecule has 1 aromatic heterocycles. The lowest BCUT2D eigenvalue weighted by molar-refractivity contribution is 0.0784. The number of fused-ring (bicyclic) bond motifs is 1. The van der Waals surface area contributed by atoms with Crippen molar-refractivity contribution in [3.05, 3.63) is 102 Å². The molecule has 0 bridgehead atoms. The number of hydrogen-bond acceptors (Lipinski definition) is 5. The van der Waals surface area contributed by atoms with Gasteiger partial charge in [-0.2, -0.15) is 0 Å². The highest BCUT2D eigenvalue weighted by Gasteiger charge is 2.28. The number of aromatic amines is 1. The van der Waals surface area contributed by atoms with Crippen molar-refractivity contribution in [1.82, 2.24) is 19.4 Å². The van der Waals surface area contributed by atoms with Crippen LogP contribution in [0.15, 0.2) is 70.6 Å². The summed E-state index contributed by atoms with van der Waals surface area (Å²) >= 11 is 25.1. The van der Waals surface area contributed by atoms with Gasteiger partial charge in [-0.25, -0.2) is 4.79 Å². The van der Waals surface area contributed by atoms with Crippen LogP contribution in [0.2, 0.25) is 20.1 Å². The average molecular weight is 691 g/mol. The lowest BCUT2D eigenvalue weighted by atomic mass is 9.89. The summed E-state index contributed by atoms with van der Waals surface area (Å²) in [6.45, 7) is 5.02. The number of likely N-dealkylation sites (tertiary alicyclic amines) is 1. The van der Waals surface area contributed by atoms with Crippen LogP contribution in [-0.2, 0) is 4.84 Å². The summed E-state index contributed by atoms with van der Waals surface area (Å²) in [4.78, 5) is 38.7. The van der Waals surface area contributed by atoms with Crippen LogP contribution in [0.25, 0.3) is 11.0 Å². The number of hydrogen-bond donors (Lipinski definition) is 1. The Morgan fingerprint density at radius 1 is 1.02 bits per heavy atom. The lowest BCUT2D eigenvalue weighted by Gasteiger charge is -2.34. The molecular formula is C33H35Cl4N5O3. The molecule has 1 amide bonds. The minimum Gasteiger partial charge on any atom is -0.399 e. The van der Waals surface area contributed by atoms with Crippen LogP contribution in [0.4, 0.5) is 0 Å². The van der Waals surface area contributed by atoms with Gasteiger partial charge < -0.3 is 19.6 Å². The minimum absolute atomic E-state index is 0.0650. The number of para-hydroxylation sites is 2. The first-order valence-corrected chi connectivity index (χ1v) is 16.4. The van der Waals surface area contributed by atoms with Crippen LogP contribution in [0.5, 0.6) is 0 Å². The van der Waals surface area contributed by atoms with Crippen LogP contribution in [0, 0.1) is 0 Å². The number of halogens is 4. The van der Waals surface area contributed by atoms with Gasteiger partial charge in [0.25, 0.3) is 5.91 Å². The zero-order valence-electron chi connectivity index (χ0n) is 25.1. The van der Waals surface area contributed by atoms with Gasteiger partial charge in [-0.05, 0) is 80.8 Å². The lowest BCUT2D eigenvalue weighted by Crippen LogP contribution is -2.40. The van der Waals surface area contributed by atoms with Crippen molar-refractivity contribution < 1.29 is 9.63 Å². The third-order valence-corrected chi connectivity index (χ3v) is 9.54. The van der Waals surface area contributed by atoms with E-state index >= 15 is 0 Å². The standard InChI is InChI=1S/C33H35Cl4N5O3/c1-3-41(32(43)22-16-23(34)19-24(35)17-22)20-30(39-45-2)26(21-8-9-27(36)28(37)18-21)12-15-40-13-10-25(11-14-40)42-31-7-5-4-6-29(31)38-33(42)44/h4-9,16-19,25-26H,3,10-15,20H2,1-2H3,(H,38,44)/b39-30+/t26-/m1/s1. The molecular weight excluding hydrogens is 656 g/mol. The van der Waals surface area contributed by atoms with E-state index in [2.05, 4.69) is 15.0 Å². The number of piperidine rings is 1. The summed E-state index contributed by atoms with van der Waals surface area (Å²) in [6, 6.07) is 18.3. The van der Waals surface area contributed by atoms with Crippen molar-refractivity contribution >= 4 is 69.1 Å². The highest BCUT2D eigenvalue weighted by atomic mass is 35.5. The van der Waals surface area contributed by atoms with E-state index < -0.39 is 0 Å². The molecule has 8 nitrogen and oxygen atoms in total. The Labute approximate surface area is 282 Å². The Bertz CT molecular complexity index is 1730. The number of nitrogens with zero attached hydrogens (tertiary/aromatic N) is 4. The van der Waals surface area contributed by atoms with E-state index in [9.17, 15) is 9.59 Å². The number of carbonyl (C=O) groups excluding carboxylic acids is 1. The molecule has 12 heteroatoms. The Morgan fingerprint density at radius 3 is 2.40 bits per heavy atom. The first-order chi connectivity index (χ1) is 21.7. The largest absolute Gasteiger partial charge is 0.399 e. The molecule has 0 aliphatic carbocycles. The molecule has 2 heterocycles. The van der Waals surface area contributed by atoms with Gasteiger partial charge in [-0.1, -0.05) is 69.8 Å². The summed E-state index contributed by atoms with van der Waals surface area (Å²) in [5, 5.41) is 6.11. The van der Waals surface area contributed by atoms with E-state index in [1.54, 1.807) is 29.2 Å². The molecule has 0 unspecified atom stereocenters. The maximum Gasteiger partial charge on any atom is 0.326 e. The molecule has 0 radical (unpaired) electrons. The third kappa shape index (κ3) is 7.87. The van der Waals surface area contributed by atoms with E-state index in [4.69, 9.17) is 51.2 Å². The zero-order valence-corrected chi connectivity index (χ0v) is 28.1. The van der Waals surface area contributed by atoms with Crippen LogP contribution in [-0.4, -0.2) is 70.8 Å². The van der Waals surface area contributed by atoms with Gasteiger partial charge in [0.2, 0.25) is 0 Å². The number of benzene rings is 3. The SMILES string of the molecule is CCN(C/C(=N\OC)[C@H](CCN1CCC(n2c(=O)[nH]c3ccccc32)CC1)c1ccc(Cl)c(Cl)c1)C(=O)c1cc(Cl)cc(Cl)c1. The normalized spacial score (nSPS) is 15.4. The highest BCUT2D eigenvalue weighted by Crippen LogP contribution is 2.31. The monoisotopic (exact) mass is 689 g/mol. The Balaban J connectivity index is 1.34. The maximum absolute atomic E-state index is 13.6. The van der Waals surface area contributed by atoms with Gasteiger partial charge in [0, 0.05) is 47.2 Å². The van der Waals surface area contributed by atoms with Gasteiger partial charge in [0.05, 0.1) is 33.3 Å². The van der Waals surface area contributed by atoms with Crippen molar-refractivity contribution in [3.8, 4) is 0 Å². The molecule has 1 N–H and O–H groups in total. The second kappa shape index (κ2) is 15.1. The van der Waals surface area contributed by atoms with Crippen molar-refractivity contribution in [2.24, 2.45) is 5.16 Å². The molecule has 1 atom stereocenters. The number of nitrogens with one attached hydrogen (secondary N) is 1. The van der Waals surface area contributed by atoms with Crippen LogP contribution in [0.3, 0.4) is 0 Å². The van der Waals surface area contributed by atoms with E-state index in [-0.39, 0.29) is 30.1 Å². The molecule has 238 valence electrons. The van der Waals surface area contributed by atoms with Gasteiger partial charge in [-0.3, -0.25) is 9.36 Å². The first-order valence-electron chi connectivity index (χ1n) is 14.9. The Morgan fingerprint density at radius 2 is 1.73 bits per heavy atom. The fourth-order valence-electron chi connectivity index (χ4n) is 6.11. The predicted octanol–water partition coefficient (Wildman–Crippen LogP) is 7.92. The maximum atomic E-state index is 13.6. The number of aromatic nitrogens is 2. The van der Waals surface area contributed by atoms with E-state index in [0.29, 0.717) is 44.3 Å². The smallest absolute Gasteiger partial charge is 0.326 e. The second-order valence-electron chi connectivity index (χ2n) is 11.1. The molecule has 1 fully saturated rings. The fraction of sp³-hybridized carbons (Fsp3) is 0.364. The molecule has 0 spiro atoms. The Hall–Kier alpha value is -3.01. The quantitative estimate of drug-likeness (QED) is 0.128. The molecule has 0 saturated carbocycles.